The molecule has 1 amide bonds. The minimum Gasteiger partial charge on any atom is -0.294 e. The molecular formula is C40H40F4N12O2. The van der Waals surface area contributed by atoms with Crippen molar-refractivity contribution < 1.29 is 27.2 Å². The molecule has 18 heteroatoms. The van der Waals surface area contributed by atoms with Gasteiger partial charge in [-0.15, -0.1) is 20.4 Å². The smallest absolute Gasteiger partial charge is 0.236 e. The Kier molecular flexibility index (Phi) is 11.4. The maximum Gasteiger partial charge on any atom is 0.236 e. The van der Waals surface area contributed by atoms with Crippen LogP contribution >= 0.6 is 0 Å². The Labute approximate surface area is 329 Å². The molecule has 0 bridgehead atoms. The molecule has 2 aromatic carbocycles. The summed E-state index contributed by atoms with van der Waals surface area (Å²) in [6, 6.07) is 13.5. The Morgan fingerprint density at radius 1 is 0.724 bits per heavy atom. The van der Waals surface area contributed by atoms with Crippen molar-refractivity contribution in [1.82, 2.24) is 54.4 Å². The van der Waals surface area contributed by atoms with E-state index in [0.717, 1.165) is 67.6 Å². The van der Waals surface area contributed by atoms with E-state index in [4.69, 9.17) is 10.9 Å². The topological polar surface area (TPSA) is 167 Å². The first kappa shape index (κ1) is 39.8. The second-order valence-electron chi connectivity index (χ2n) is 14.5. The summed E-state index contributed by atoms with van der Waals surface area (Å²) >= 11 is 0. The molecule has 0 aliphatic carbocycles. The van der Waals surface area contributed by atoms with Crippen LogP contribution in [0.3, 0.4) is 0 Å². The fourth-order valence-corrected chi connectivity index (χ4v) is 6.71. The molecule has 58 heavy (non-hydrogen) atoms. The van der Waals surface area contributed by atoms with E-state index in [2.05, 4.69) is 30.6 Å². The summed E-state index contributed by atoms with van der Waals surface area (Å²) < 4.78 is 59.7. The molecule has 7 aromatic rings. The van der Waals surface area contributed by atoms with Gasteiger partial charge in [0.1, 0.15) is 29.0 Å². The van der Waals surface area contributed by atoms with E-state index < -0.39 is 29.1 Å². The van der Waals surface area contributed by atoms with Crippen LogP contribution in [0.25, 0.3) is 33.8 Å². The van der Waals surface area contributed by atoms with Gasteiger partial charge in [-0.2, -0.15) is 24.3 Å². The van der Waals surface area contributed by atoms with Crippen LogP contribution < -0.4 is 5.84 Å². The van der Waals surface area contributed by atoms with Crippen molar-refractivity contribution in [3.63, 3.8) is 0 Å². The van der Waals surface area contributed by atoms with Crippen molar-refractivity contribution in [2.75, 3.05) is 6.54 Å². The van der Waals surface area contributed by atoms with E-state index in [1.54, 1.807) is 21.2 Å². The Morgan fingerprint density at radius 3 is 1.93 bits per heavy atom. The second kappa shape index (κ2) is 16.6. The number of nitrogens with two attached hydrogens (primary N) is 1. The molecule has 300 valence electrons. The maximum atomic E-state index is 14.5. The van der Waals surface area contributed by atoms with E-state index in [1.165, 1.54) is 17.1 Å². The predicted molar refractivity (Wildman–Crippen MR) is 204 cm³/mol. The lowest BCUT2D eigenvalue weighted by Gasteiger charge is -2.08. The highest BCUT2D eigenvalue weighted by Crippen LogP contribution is 2.38. The van der Waals surface area contributed by atoms with Gasteiger partial charge in [-0.25, -0.2) is 23.4 Å². The highest BCUT2D eigenvalue weighted by atomic mass is 19.1. The van der Waals surface area contributed by atoms with Gasteiger partial charge >= 0.3 is 0 Å². The lowest BCUT2D eigenvalue weighted by Crippen LogP contribution is -2.31. The molecule has 0 spiro atoms. The van der Waals surface area contributed by atoms with Crippen molar-refractivity contribution in [3.05, 3.63) is 113 Å². The van der Waals surface area contributed by atoms with Gasteiger partial charge in [0.15, 0.2) is 28.7 Å². The Hall–Kier alpha value is -6.43. The number of carbonyl (C=O) groups excluding carboxylic acids is 2. The Morgan fingerprint density at radius 2 is 1.34 bits per heavy atom. The van der Waals surface area contributed by atoms with E-state index in [1.807, 2.05) is 44.5 Å². The zero-order valence-corrected chi connectivity index (χ0v) is 32.2. The van der Waals surface area contributed by atoms with Crippen LogP contribution in [0.4, 0.5) is 17.6 Å². The number of amides is 1. The minimum atomic E-state index is -0.872. The van der Waals surface area contributed by atoms with Crippen molar-refractivity contribution in [2.24, 2.45) is 5.84 Å². The molecule has 0 unspecified atom stereocenters. The summed E-state index contributed by atoms with van der Waals surface area (Å²) in [6.45, 7) is 9.49. The fourth-order valence-electron chi connectivity index (χ4n) is 6.71. The number of halogens is 4. The number of ketones is 1. The van der Waals surface area contributed by atoms with Gasteiger partial charge in [0.25, 0.3) is 0 Å². The normalized spacial score (nSPS) is 13.6. The molecule has 7 heterocycles. The molecule has 14 nitrogen and oxygen atoms in total. The molecule has 0 saturated carbocycles. The number of Topliss-reactive ketones (excluding diaryl/α,β-unsaturated/α-hetero) is 1. The van der Waals surface area contributed by atoms with Crippen LogP contribution in [0.5, 0.6) is 0 Å². The van der Waals surface area contributed by atoms with Gasteiger partial charge < -0.3 is 0 Å². The van der Waals surface area contributed by atoms with E-state index in [0.29, 0.717) is 46.7 Å². The maximum absolute atomic E-state index is 14.5. The average molecular weight is 797 g/mol. The monoisotopic (exact) mass is 796 g/mol. The van der Waals surface area contributed by atoms with Gasteiger partial charge in [0.05, 0.1) is 28.9 Å². The lowest BCUT2D eigenvalue weighted by atomic mass is 10.0. The number of nitrogens with zero attached hydrogens (tertiary/aromatic N) is 11. The molecule has 0 atom stereocenters. The van der Waals surface area contributed by atoms with Crippen LogP contribution in [0.1, 0.15) is 92.2 Å². The number of carbonyl (C=O) groups is 2. The summed E-state index contributed by atoms with van der Waals surface area (Å²) in [7, 11) is 0. The summed E-state index contributed by atoms with van der Waals surface area (Å²) in [5.74, 6) is 3.66. The highest BCUT2D eigenvalue weighted by Gasteiger charge is 2.27. The molecule has 2 aliphatic rings. The molecule has 9 rings (SSSR count). The van der Waals surface area contributed by atoms with Gasteiger partial charge in [0, 0.05) is 54.7 Å². The summed E-state index contributed by atoms with van der Waals surface area (Å²) in [5, 5.41) is 31.4. The van der Waals surface area contributed by atoms with Crippen molar-refractivity contribution >= 4 is 23.0 Å². The molecule has 2 aliphatic heterocycles. The van der Waals surface area contributed by atoms with Crippen LogP contribution in [-0.2, 0) is 24.2 Å². The van der Waals surface area contributed by atoms with Crippen molar-refractivity contribution in [1.29, 1.82) is 0 Å². The van der Waals surface area contributed by atoms with Gasteiger partial charge in [-0.3, -0.25) is 19.3 Å². The molecule has 5 aromatic heterocycles. The first-order valence-corrected chi connectivity index (χ1v) is 18.8. The van der Waals surface area contributed by atoms with Crippen molar-refractivity contribution in [2.45, 2.75) is 78.2 Å². The number of hydrogen-bond acceptors (Lipinski definition) is 10. The molecular weight excluding hydrogens is 757 g/mol. The standard InChI is InChI=1S/C20H18F2N6.C16H14F2N4O.C4H8N2O/c1-11(2)20-24-23-17-8-7-15(25-28(17)20)18-16-4-3-9-27(16)26-19(18)13-6-5-12(21)10-14(13)22;1-9(2)16-20-19-15-6-4-11(21-22(15)16)8-14(23)12-5-3-10(17)7-13(12)18;5-6-3-1-2-4(6)7/h5-8,10-11H,3-4,9H2,1-2H3;3-7,9H,8H2,1-2H3;1-3,5H2. The van der Waals surface area contributed by atoms with Crippen LogP contribution in [-0.4, -0.2) is 72.6 Å². The van der Waals surface area contributed by atoms with Gasteiger partial charge in [-0.1, -0.05) is 27.7 Å². The SMILES string of the molecule is CC(C)c1nnc2ccc(-c3c(-c4ccc(F)cc4F)nn4c3CCC4)nn12.CC(C)c1nnc2ccc(CC(=O)c3ccc(F)cc3F)nn12.NN1CCCC1=O. The largest absolute Gasteiger partial charge is 0.294 e. The van der Waals surface area contributed by atoms with E-state index >= 15 is 0 Å². The van der Waals surface area contributed by atoms with Crippen LogP contribution in [0.15, 0.2) is 60.7 Å². The number of aromatic nitrogens is 10. The summed E-state index contributed by atoms with van der Waals surface area (Å²) in [6.07, 6.45) is 3.29. The average Bonchev–Trinajstić information content (AvgIpc) is 4.02. The first-order chi connectivity index (χ1) is 27.8. The van der Waals surface area contributed by atoms with Crippen LogP contribution in [0, 0.1) is 23.3 Å². The van der Waals surface area contributed by atoms with E-state index in [9.17, 15) is 27.2 Å². The first-order valence-electron chi connectivity index (χ1n) is 18.8. The van der Waals surface area contributed by atoms with Crippen LogP contribution in [0.2, 0.25) is 0 Å². The number of hydrazine groups is 1. The quantitative estimate of drug-likeness (QED) is 0.0821. The Balaban J connectivity index is 0.000000153. The summed E-state index contributed by atoms with van der Waals surface area (Å²) in [5.41, 5.74) is 4.79. The minimum absolute atomic E-state index is 0.0694. The molecule has 1 fully saturated rings. The number of fused-ring (bicyclic) bond motifs is 3. The van der Waals surface area contributed by atoms with Gasteiger partial charge in [0.2, 0.25) is 5.91 Å². The predicted octanol–water partition coefficient (Wildman–Crippen LogP) is 6.44. The number of benzene rings is 2. The lowest BCUT2D eigenvalue weighted by molar-refractivity contribution is -0.127. The number of aryl methyl sites for hydroxylation is 1. The van der Waals surface area contributed by atoms with Crippen molar-refractivity contribution in [3.8, 4) is 22.5 Å². The fraction of sp³-hybridized carbons (Fsp3) is 0.325. The third-order valence-electron chi connectivity index (χ3n) is 9.63. The number of rotatable bonds is 7. The second-order valence-corrected chi connectivity index (χ2v) is 14.5. The third-order valence-corrected chi connectivity index (χ3v) is 9.63. The zero-order valence-electron chi connectivity index (χ0n) is 32.2. The molecule has 2 N–H and O–H groups in total. The van der Waals surface area contributed by atoms with E-state index in [-0.39, 0.29) is 35.3 Å². The van der Waals surface area contributed by atoms with Gasteiger partial charge in [-0.05, 0) is 67.8 Å². The Bertz CT molecular complexity index is 2650. The number of hydrogen-bond donors (Lipinski definition) is 1. The zero-order chi connectivity index (χ0) is 41.2. The third kappa shape index (κ3) is 8.18. The molecule has 1 saturated heterocycles. The summed E-state index contributed by atoms with van der Waals surface area (Å²) in [4.78, 5) is 22.6. The molecule has 0 radical (unpaired) electrons. The highest BCUT2D eigenvalue weighted by molar-refractivity contribution is 5.97.